The Bertz CT molecular complexity index is 659. The molecule has 3 rings (SSSR count). The first kappa shape index (κ1) is 11.2. The monoisotopic (exact) mass is 241 g/mol. The van der Waals surface area contributed by atoms with Crippen LogP contribution in [0.2, 0.25) is 0 Å². The Hall–Kier alpha value is -1.90. The number of benzene rings is 2. The maximum Gasteiger partial charge on any atom is 0.277 e. The molecule has 0 fully saturated rings. The van der Waals surface area contributed by atoms with E-state index in [9.17, 15) is 10.1 Å². The lowest BCUT2D eigenvalue weighted by atomic mass is 9.90. The standard InChI is InChI=1S/C15H15NO2/c1-15(2)8-11-6-10-4-3-5-14(16(17)18)13(10)7-12(11)9-15/h3-7H,8-9H2,1-2H3. The van der Waals surface area contributed by atoms with Crippen molar-refractivity contribution >= 4 is 16.5 Å². The van der Waals surface area contributed by atoms with E-state index in [1.807, 2.05) is 12.1 Å². The van der Waals surface area contributed by atoms with Gasteiger partial charge in [-0.05, 0) is 40.8 Å². The summed E-state index contributed by atoms with van der Waals surface area (Å²) in [6, 6.07) is 9.42. The zero-order chi connectivity index (χ0) is 12.9. The van der Waals surface area contributed by atoms with Crippen LogP contribution >= 0.6 is 0 Å². The van der Waals surface area contributed by atoms with Gasteiger partial charge in [0, 0.05) is 6.07 Å². The van der Waals surface area contributed by atoms with E-state index in [2.05, 4.69) is 19.9 Å². The van der Waals surface area contributed by atoms with Gasteiger partial charge in [-0.25, -0.2) is 0 Å². The minimum atomic E-state index is -0.297. The Balaban J connectivity index is 2.26. The highest BCUT2D eigenvalue weighted by Gasteiger charge is 2.29. The SMILES string of the molecule is CC1(C)Cc2cc3cccc([N+](=O)[O-])c3cc2C1. The van der Waals surface area contributed by atoms with Crippen molar-refractivity contribution in [2.45, 2.75) is 26.7 Å². The Morgan fingerprint density at radius 3 is 2.50 bits per heavy atom. The summed E-state index contributed by atoms with van der Waals surface area (Å²) in [4.78, 5) is 10.8. The highest BCUT2D eigenvalue weighted by atomic mass is 16.6. The van der Waals surface area contributed by atoms with E-state index < -0.39 is 0 Å². The molecular weight excluding hydrogens is 226 g/mol. The van der Waals surface area contributed by atoms with E-state index in [0.717, 1.165) is 23.6 Å². The van der Waals surface area contributed by atoms with Crippen LogP contribution < -0.4 is 0 Å². The molecule has 0 radical (unpaired) electrons. The Kier molecular flexibility index (Phi) is 2.21. The van der Waals surface area contributed by atoms with Gasteiger partial charge in [0.1, 0.15) is 0 Å². The molecule has 0 saturated carbocycles. The first-order valence-electron chi connectivity index (χ1n) is 6.15. The average Bonchev–Trinajstić information content (AvgIpc) is 2.57. The fraction of sp³-hybridized carbons (Fsp3) is 0.333. The predicted octanol–water partition coefficient (Wildman–Crippen LogP) is 3.87. The van der Waals surface area contributed by atoms with E-state index in [0.29, 0.717) is 0 Å². The molecule has 0 spiro atoms. The molecule has 3 nitrogen and oxygen atoms in total. The Labute approximate surface area is 106 Å². The Morgan fingerprint density at radius 2 is 1.83 bits per heavy atom. The maximum atomic E-state index is 11.0. The lowest BCUT2D eigenvalue weighted by Gasteiger charge is -2.14. The molecule has 3 heteroatoms. The molecule has 18 heavy (non-hydrogen) atoms. The van der Waals surface area contributed by atoms with Crippen LogP contribution in [0.1, 0.15) is 25.0 Å². The number of nitrogens with zero attached hydrogens (tertiary/aromatic N) is 1. The molecule has 0 atom stereocenters. The van der Waals surface area contributed by atoms with Crippen LogP contribution in [0.4, 0.5) is 5.69 Å². The normalized spacial score (nSPS) is 16.8. The topological polar surface area (TPSA) is 43.1 Å². The summed E-state index contributed by atoms with van der Waals surface area (Å²) in [7, 11) is 0. The quantitative estimate of drug-likeness (QED) is 0.561. The molecule has 92 valence electrons. The summed E-state index contributed by atoms with van der Waals surface area (Å²) in [5.41, 5.74) is 3.09. The minimum Gasteiger partial charge on any atom is -0.258 e. The van der Waals surface area contributed by atoms with Gasteiger partial charge in [-0.15, -0.1) is 0 Å². The molecule has 0 aliphatic heterocycles. The van der Waals surface area contributed by atoms with E-state index >= 15 is 0 Å². The van der Waals surface area contributed by atoms with Gasteiger partial charge in [0.15, 0.2) is 0 Å². The van der Waals surface area contributed by atoms with E-state index in [1.54, 1.807) is 12.1 Å². The van der Waals surface area contributed by atoms with Gasteiger partial charge < -0.3 is 0 Å². The summed E-state index contributed by atoms with van der Waals surface area (Å²) in [5.74, 6) is 0. The summed E-state index contributed by atoms with van der Waals surface area (Å²) in [6.45, 7) is 4.48. The molecule has 2 aromatic carbocycles. The van der Waals surface area contributed by atoms with Crippen molar-refractivity contribution in [2.75, 3.05) is 0 Å². The second-order valence-corrected chi connectivity index (χ2v) is 5.89. The first-order chi connectivity index (χ1) is 8.46. The molecule has 1 aliphatic rings. The van der Waals surface area contributed by atoms with Crippen LogP contribution in [0.3, 0.4) is 0 Å². The Morgan fingerprint density at radius 1 is 1.17 bits per heavy atom. The van der Waals surface area contributed by atoms with Crippen molar-refractivity contribution < 1.29 is 4.92 Å². The van der Waals surface area contributed by atoms with Crippen molar-refractivity contribution in [3.05, 3.63) is 51.6 Å². The molecular formula is C15H15NO2. The number of fused-ring (bicyclic) bond motifs is 2. The van der Waals surface area contributed by atoms with E-state index in [-0.39, 0.29) is 16.0 Å². The van der Waals surface area contributed by atoms with Crippen LogP contribution in [-0.4, -0.2) is 4.92 Å². The molecule has 0 saturated heterocycles. The zero-order valence-corrected chi connectivity index (χ0v) is 10.6. The van der Waals surface area contributed by atoms with Gasteiger partial charge >= 0.3 is 0 Å². The van der Waals surface area contributed by atoms with Crippen LogP contribution in [0, 0.1) is 15.5 Å². The van der Waals surface area contributed by atoms with Crippen molar-refractivity contribution in [3.63, 3.8) is 0 Å². The molecule has 2 aromatic rings. The molecule has 0 unspecified atom stereocenters. The van der Waals surface area contributed by atoms with Gasteiger partial charge in [0.25, 0.3) is 5.69 Å². The predicted molar refractivity (Wildman–Crippen MR) is 71.8 cm³/mol. The lowest BCUT2D eigenvalue weighted by Crippen LogP contribution is -2.09. The van der Waals surface area contributed by atoms with Crippen molar-refractivity contribution in [1.82, 2.24) is 0 Å². The fourth-order valence-corrected chi connectivity index (χ4v) is 2.98. The molecule has 0 aromatic heterocycles. The minimum absolute atomic E-state index is 0.208. The molecule has 1 aliphatic carbocycles. The van der Waals surface area contributed by atoms with Gasteiger partial charge in [-0.3, -0.25) is 10.1 Å². The summed E-state index contributed by atoms with van der Waals surface area (Å²) in [6.07, 6.45) is 2.06. The highest BCUT2D eigenvalue weighted by Crippen LogP contribution is 2.39. The number of hydrogen-bond donors (Lipinski definition) is 0. The molecule has 0 amide bonds. The first-order valence-corrected chi connectivity index (χ1v) is 6.15. The van der Waals surface area contributed by atoms with Crippen LogP contribution in [0.15, 0.2) is 30.3 Å². The highest BCUT2D eigenvalue weighted by molar-refractivity contribution is 5.92. The number of hydrogen-bond acceptors (Lipinski definition) is 2. The smallest absolute Gasteiger partial charge is 0.258 e. The molecule has 0 bridgehead atoms. The maximum absolute atomic E-state index is 11.0. The molecule has 0 heterocycles. The fourth-order valence-electron chi connectivity index (χ4n) is 2.98. The van der Waals surface area contributed by atoms with Gasteiger partial charge in [0.2, 0.25) is 0 Å². The summed E-state index contributed by atoms with van der Waals surface area (Å²) >= 11 is 0. The largest absolute Gasteiger partial charge is 0.277 e. The lowest BCUT2D eigenvalue weighted by molar-refractivity contribution is -0.383. The van der Waals surface area contributed by atoms with Gasteiger partial charge in [0.05, 0.1) is 10.3 Å². The number of nitro groups is 1. The van der Waals surface area contributed by atoms with E-state index in [1.165, 1.54) is 11.1 Å². The summed E-state index contributed by atoms with van der Waals surface area (Å²) in [5, 5.41) is 12.8. The van der Waals surface area contributed by atoms with Crippen LogP contribution in [-0.2, 0) is 12.8 Å². The van der Waals surface area contributed by atoms with Gasteiger partial charge in [-0.2, -0.15) is 0 Å². The van der Waals surface area contributed by atoms with Crippen molar-refractivity contribution in [1.29, 1.82) is 0 Å². The number of non-ortho nitro benzene ring substituents is 1. The number of rotatable bonds is 1. The van der Waals surface area contributed by atoms with E-state index in [4.69, 9.17) is 0 Å². The molecule has 0 N–H and O–H groups in total. The average molecular weight is 241 g/mol. The van der Waals surface area contributed by atoms with Crippen LogP contribution in [0.5, 0.6) is 0 Å². The third kappa shape index (κ3) is 1.67. The summed E-state index contributed by atoms with van der Waals surface area (Å²) < 4.78 is 0. The van der Waals surface area contributed by atoms with Crippen molar-refractivity contribution in [2.24, 2.45) is 5.41 Å². The third-order valence-corrected chi connectivity index (χ3v) is 3.71. The van der Waals surface area contributed by atoms with Gasteiger partial charge in [-0.1, -0.05) is 32.0 Å². The zero-order valence-electron chi connectivity index (χ0n) is 10.6. The van der Waals surface area contributed by atoms with Crippen LogP contribution in [0.25, 0.3) is 10.8 Å². The van der Waals surface area contributed by atoms with Crippen molar-refractivity contribution in [3.8, 4) is 0 Å². The third-order valence-electron chi connectivity index (χ3n) is 3.71. The second kappa shape index (κ2) is 3.55. The second-order valence-electron chi connectivity index (χ2n) is 5.89. The number of nitro benzene ring substituents is 1.